The molecular weight excluding hydrogens is 431 g/mol. The summed E-state index contributed by atoms with van der Waals surface area (Å²) in [4.78, 5) is 10.0. The molecular formula is C15H20ClIN4S. The molecule has 1 aromatic heterocycles. The number of halogens is 2. The third kappa shape index (κ3) is 6.10. The zero-order valence-corrected chi connectivity index (χ0v) is 16.5. The zero-order chi connectivity index (χ0) is 15.1. The SMILES string of the molecule is CCNC(=NCc1cccc(Cl)c1)NCc1scnc1C.I. The largest absolute Gasteiger partial charge is 0.357 e. The van der Waals surface area contributed by atoms with Crippen molar-refractivity contribution in [3.63, 3.8) is 0 Å². The van der Waals surface area contributed by atoms with Gasteiger partial charge < -0.3 is 10.6 Å². The van der Waals surface area contributed by atoms with Crippen molar-refractivity contribution in [2.45, 2.75) is 26.9 Å². The van der Waals surface area contributed by atoms with Gasteiger partial charge >= 0.3 is 0 Å². The number of aromatic nitrogens is 1. The van der Waals surface area contributed by atoms with Crippen LogP contribution in [0.15, 0.2) is 34.8 Å². The summed E-state index contributed by atoms with van der Waals surface area (Å²) < 4.78 is 0. The van der Waals surface area contributed by atoms with E-state index in [2.05, 4.69) is 27.5 Å². The predicted molar refractivity (Wildman–Crippen MR) is 105 cm³/mol. The lowest BCUT2D eigenvalue weighted by Gasteiger charge is -2.10. The Balaban J connectivity index is 0.00000242. The Morgan fingerprint density at radius 2 is 2.18 bits per heavy atom. The Morgan fingerprint density at radius 1 is 1.36 bits per heavy atom. The topological polar surface area (TPSA) is 49.3 Å². The molecule has 0 saturated heterocycles. The van der Waals surface area contributed by atoms with Crippen LogP contribution in [0.4, 0.5) is 0 Å². The summed E-state index contributed by atoms with van der Waals surface area (Å²) >= 11 is 7.63. The fraction of sp³-hybridized carbons (Fsp3) is 0.333. The molecule has 22 heavy (non-hydrogen) atoms. The van der Waals surface area contributed by atoms with Crippen LogP contribution in [0.3, 0.4) is 0 Å². The molecule has 0 atom stereocenters. The molecule has 0 radical (unpaired) electrons. The highest BCUT2D eigenvalue weighted by atomic mass is 127. The molecule has 0 unspecified atom stereocenters. The van der Waals surface area contributed by atoms with E-state index in [1.54, 1.807) is 11.3 Å². The van der Waals surface area contributed by atoms with Gasteiger partial charge in [0.2, 0.25) is 0 Å². The third-order valence-electron chi connectivity index (χ3n) is 2.91. The van der Waals surface area contributed by atoms with E-state index in [-0.39, 0.29) is 24.0 Å². The fourth-order valence-corrected chi connectivity index (χ4v) is 2.74. The molecule has 2 N–H and O–H groups in total. The number of benzene rings is 1. The number of hydrogen-bond acceptors (Lipinski definition) is 3. The van der Waals surface area contributed by atoms with Crippen molar-refractivity contribution < 1.29 is 0 Å². The number of nitrogens with one attached hydrogen (secondary N) is 2. The summed E-state index contributed by atoms with van der Waals surface area (Å²) in [5.41, 5.74) is 4.02. The highest BCUT2D eigenvalue weighted by molar-refractivity contribution is 14.0. The quantitative estimate of drug-likeness (QED) is 0.412. The highest BCUT2D eigenvalue weighted by Crippen LogP contribution is 2.12. The van der Waals surface area contributed by atoms with Gasteiger partial charge in [0.25, 0.3) is 0 Å². The molecule has 0 spiro atoms. The van der Waals surface area contributed by atoms with Crippen molar-refractivity contribution in [3.8, 4) is 0 Å². The molecule has 0 fully saturated rings. The van der Waals surface area contributed by atoms with Crippen LogP contribution in [-0.2, 0) is 13.1 Å². The lowest BCUT2D eigenvalue weighted by Crippen LogP contribution is -2.36. The van der Waals surface area contributed by atoms with Gasteiger partial charge in [0.1, 0.15) is 0 Å². The number of rotatable bonds is 5. The standard InChI is InChI=1S/C15H19ClN4S.HI/c1-3-17-15(19-9-14-11(2)20-10-21-14)18-8-12-5-4-6-13(16)7-12;/h4-7,10H,3,8-9H2,1-2H3,(H2,17,18,19);1H. The number of aliphatic imine (C=N–C) groups is 1. The Labute approximate surface area is 157 Å². The first-order valence-electron chi connectivity index (χ1n) is 6.84. The first-order chi connectivity index (χ1) is 10.2. The monoisotopic (exact) mass is 450 g/mol. The average Bonchev–Trinajstić information content (AvgIpc) is 2.87. The second-order valence-corrected chi connectivity index (χ2v) is 5.92. The van der Waals surface area contributed by atoms with Gasteiger partial charge in [-0.2, -0.15) is 0 Å². The molecule has 0 aliphatic carbocycles. The van der Waals surface area contributed by atoms with Gasteiger partial charge in [0, 0.05) is 16.4 Å². The van der Waals surface area contributed by atoms with Crippen LogP contribution in [0.5, 0.6) is 0 Å². The molecule has 0 amide bonds. The number of hydrogen-bond donors (Lipinski definition) is 2. The Kier molecular flexibility index (Phi) is 8.74. The molecule has 0 aliphatic heterocycles. The van der Waals surface area contributed by atoms with Crippen molar-refractivity contribution >= 4 is 52.9 Å². The second kappa shape index (κ2) is 10.0. The number of aryl methyl sites for hydroxylation is 1. The number of nitrogens with zero attached hydrogens (tertiary/aromatic N) is 2. The van der Waals surface area contributed by atoms with E-state index < -0.39 is 0 Å². The van der Waals surface area contributed by atoms with Gasteiger partial charge in [0.05, 0.1) is 24.3 Å². The average molecular weight is 451 g/mol. The van der Waals surface area contributed by atoms with E-state index in [0.717, 1.165) is 35.3 Å². The van der Waals surface area contributed by atoms with Crippen LogP contribution >= 0.6 is 46.9 Å². The third-order valence-corrected chi connectivity index (χ3v) is 4.08. The maximum Gasteiger partial charge on any atom is 0.191 e. The van der Waals surface area contributed by atoms with E-state index in [1.807, 2.05) is 36.7 Å². The molecule has 2 rings (SSSR count). The van der Waals surface area contributed by atoms with Gasteiger partial charge in [-0.25, -0.2) is 9.98 Å². The van der Waals surface area contributed by atoms with Crippen molar-refractivity contribution in [1.82, 2.24) is 15.6 Å². The van der Waals surface area contributed by atoms with E-state index in [0.29, 0.717) is 6.54 Å². The van der Waals surface area contributed by atoms with E-state index >= 15 is 0 Å². The summed E-state index contributed by atoms with van der Waals surface area (Å²) in [6.07, 6.45) is 0. The molecule has 0 aliphatic rings. The minimum absolute atomic E-state index is 0. The van der Waals surface area contributed by atoms with Gasteiger partial charge in [-0.3, -0.25) is 0 Å². The van der Waals surface area contributed by atoms with Gasteiger partial charge in [0.15, 0.2) is 5.96 Å². The van der Waals surface area contributed by atoms with Crippen molar-refractivity contribution in [3.05, 3.63) is 50.9 Å². The van der Waals surface area contributed by atoms with Crippen molar-refractivity contribution in [2.24, 2.45) is 4.99 Å². The summed E-state index contributed by atoms with van der Waals surface area (Å²) in [7, 11) is 0. The number of guanidine groups is 1. The lowest BCUT2D eigenvalue weighted by molar-refractivity contribution is 0.819. The van der Waals surface area contributed by atoms with Crippen LogP contribution < -0.4 is 10.6 Å². The van der Waals surface area contributed by atoms with Gasteiger partial charge in [-0.1, -0.05) is 23.7 Å². The van der Waals surface area contributed by atoms with Gasteiger partial charge in [-0.05, 0) is 31.5 Å². The minimum atomic E-state index is 0. The number of thiazole rings is 1. The van der Waals surface area contributed by atoms with Crippen molar-refractivity contribution in [1.29, 1.82) is 0 Å². The molecule has 120 valence electrons. The molecule has 1 heterocycles. The highest BCUT2D eigenvalue weighted by Gasteiger charge is 2.03. The fourth-order valence-electron chi connectivity index (χ4n) is 1.81. The lowest BCUT2D eigenvalue weighted by atomic mass is 10.2. The smallest absolute Gasteiger partial charge is 0.191 e. The summed E-state index contributed by atoms with van der Waals surface area (Å²) in [6, 6.07) is 7.76. The molecule has 2 aromatic rings. The first-order valence-corrected chi connectivity index (χ1v) is 8.10. The molecule has 0 bridgehead atoms. The molecule has 7 heteroatoms. The zero-order valence-electron chi connectivity index (χ0n) is 12.6. The maximum atomic E-state index is 5.98. The molecule has 4 nitrogen and oxygen atoms in total. The van der Waals surface area contributed by atoms with Gasteiger partial charge in [-0.15, -0.1) is 35.3 Å². The Bertz CT molecular complexity index is 615. The Morgan fingerprint density at radius 3 is 2.82 bits per heavy atom. The van der Waals surface area contributed by atoms with Crippen LogP contribution in [-0.4, -0.2) is 17.5 Å². The Hall–Kier alpha value is -0.860. The van der Waals surface area contributed by atoms with Crippen molar-refractivity contribution in [2.75, 3.05) is 6.54 Å². The van der Waals surface area contributed by atoms with E-state index in [9.17, 15) is 0 Å². The molecule has 0 saturated carbocycles. The normalized spacial score (nSPS) is 11.0. The van der Waals surface area contributed by atoms with E-state index in [1.165, 1.54) is 4.88 Å². The second-order valence-electron chi connectivity index (χ2n) is 4.54. The summed E-state index contributed by atoms with van der Waals surface area (Å²) in [5, 5.41) is 7.30. The molecule has 1 aromatic carbocycles. The van der Waals surface area contributed by atoms with Crippen LogP contribution in [0, 0.1) is 6.92 Å². The minimum Gasteiger partial charge on any atom is -0.357 e. The van der Waals surface area contributed by atoms with Crippen LogP contribution in [0.2, 0.25) is 5.02 Å². The summed E-state index contributed by atoms with van der Waals surface area (Å²) in [5.74, 6) is 0.797. The van der Waals surface area contributed by atoms with E-state index in [4.69, 9.17) is 11.6 Å². The summed E-state index contributed by atoms with van der Waals surface area (Å²) in [6.45, 7) is 6.22. The maximum absolute atomic E-state index is 5.98. The predicted octanol–water partition coefficient (Wildman–Crippen LogP) is 3.98. The van der Waals surface area contributed by atoms with Crippen LogP contribution in [0.1, 0.15) is 23.1 Å². The van der Waals surface area contributed by atoms with Crippen LogP contribution in [0.25, 0.3) is 0 Å². The first kappa shape index (κ1) is 19.2.